The zero-order chi connectivity index (χ0) is 17.1. The van der Waals surface area contributed by atoms with Crippen LogP contribution in [0.2, 0.25) is 18.1 Å². The maximum atomic E-state index is 12.5. The van der Waals surface area contributed by atoms with Gasteiger partial charge in [-0.3, -0.25) is 4.79 Å². The highest BCUT2D eigenvalue weighted by Gasteiger charge is 2.61. The smallest absolute Gasteiger partial charge is 0.200 e. The van der Waals surface area contributed by atoms with Crippen LogP contribution in [-0.2, 0) is 18.7 Å². The molecule has 1 saturated heterocycles. The van der Waals surface area contributed by atoms with Gasteiger partial charge < -0.3 is 13.9 Å². The average molecular weight is 438 g/mol. The van der Waals surface area contributed by atoms with Crippen molar-refractivity contribution in [2.24, 2.45) is 0 Å². The van der Waals surface area contributed by atoms with Crippen molar-refractivity contribution in [2.75, 3.05) is 0 Å². The standard InChI is InChI=1S/C16H27IO4Si/c1-14(2,3)22(7,8)20-11-9-10(17)12(18)13-16(11,6)21-15(4,5)19-13/h9,11,13H,1-8H3/t11-,13-,16+/m1/s1. The van der Waals surface area contributed by atoms with Crippen LogP contribution < -0.4 is 0 Å². The van der Waals surface area contributed by atoms with Crippen LogP contribution in [-0.4, -0.2) is 37.7 Å². The molecule has 0 unspecified atom stereocenters. The largest absolute Gasteiger partial charge is 0.407 e. The highest BCUT2D eigenvalue weighted by atomic mass is 127. The Labute approximate surface area is 148 Å². The molecular formula is C16H27IO4Si. The van der Waals surface area contributed by atoms with E-state index >= 15 is 0 Å². The van der Waals surface area contributed by atoms with Gasteiger partial charge in [-0.25, -0.2) is 0 Å². The summed E-state index contributed by atoms with van der Waals surface area (Å²) in [4.78, 5) is 12.5. The first kappa shape index (κ1) is 18.6. The monoisotopic (exact) mass is 438 g/mol. The summed E-state index contributed by atoms with van der Waals surface area (Å²) in [6.07, 6.45) is 1.03. The van der Waals surface area contributed by atoms with E-state index in [1.807, 2.05) is 26.8 Å². The third kappa shape index (κ3) is 3.09. The number of carbonyl (C=O) groups is 1. The van der Waals surface area contributed by atoms with Gasteiger partial charge in [0, 0.05) is 0 Å². The lowest BCUT2D eigenvalue weighted by molar-refractivity contribution is -0.172. The summed E-state index contributed by atoms with van der Waals surface area (Å²) in [6.45, 7) is 16.7. The van der Waals surface area contributed by atoms with Crippen LogP contribution in [0.25, 0.3) is 0 Å². The van der Waals surface area contributed by atoms with Gasteiger partial charge in [0.25, 0.3) is 0 Å². The van der Waals surface area contributed by atoms with Gasteiger partial charge in [0.05, 0.1) is 9.68 Å². The molecule has 1 fully saturated rings. The van der Waals surface area contributed by atoms with Crippen molar-refractivity contribution in [2.45, 2.75) is 83.3 Å². The van der Waals surface area contributed by atoms with Gasteiger partial charge in [-0.05, 0) is 67.6 Å². The van der Waals surface area contributed by atoms with Crippen LogP contribution in [0.5, 0.6) is 0 Å². The molecule has 0 bridgehead atoms. The number of hydrogen-bond acceptors (Lipinski definition) is 4. The van der Waals surface area contributed by atoms with E-state index in [9.17, 15) is 4.79 Å². The lowest BCUT2D eigenvalue weighted by Gasteiger charge is -2.45. The van der Waals surface area contributed by atoms with Crippen molar-refractivity contribution in [1.29, 1.82) is 0 Å². The first-order valence-corrected chi connectivity index (χ1v) is 11.7. The van der Waals surface area contributed by atoms with Crippen molar-refractivity contribution >= 4 is 36.7 Å². The predicted octanol–water partition coefficient (Wildman–Crippen LogP) is 4.19. The van der Waals surface area contributed by atoms with E-state index in [1.54, 1.807) is 0 Å². The maximum Gasteiger partial charge on any atom is 0.200 e. The second-order valence-electron chi connectivity index (χ2n) is 8.36. The molecule has 1 aliphatic carbocycles. The molecule has 2 rings (SSSR count). The zero-order valence-corrected chi connectivity index (χ0v) is 17.9. The molecule has 0 spiro atoms. The molecule has 4 nitrogen and oxygen atoms in total. The maximum absolute atomic E-state index is 12.5. The van der Waals surface area contributed by atoms with Crippen LogP contribution in [0.1, 0.15) is 41.5 Å². The Morgan fingerprint density at radius 2 is 1.82 bits per heavy atom. The molecule has 2 aliphatic rings. The highest BCUT2D eigenvalue weighted by molar-refractivity contribution is 14.1. The Kier molecular flexibility index (Phi) is 4.54. The molecule has 0 amide bonds. The molecule has 0 aromatic rings. The lowest BCUT2D eigenvalue weighted by atomic mass is 9.85. The number of halogens is 1. The fourth-order valence-corrected chi connectivity index (χ4v) is 4.58. The fraction of sp³-hybridized carbons (Fsp3) is 0.812. The molecule has 1 heterocycles. The van der Waals surface area contributed by atoms with Gasteiger partial charge in [-0.2, -0.15) is 0 Å². The Morgan fingerprint density at radius 3 is 2.32 bits per heavy atom. The molecule has 126 valence electrons. The molecule has 0 aromatic carbocycles. The Balaban J connectivity index is 2.40. The summed E-state index contributed by atoms with van der Waals surface area (Å²) < 4.78 is 19.3. The van der Waals surface area contributed by atoms with Crippen molar-refractivity contribution < 1.29 is 18.7 Å². The molecule has 6 heteroatoms. The van der Waals surface area contributed by atoms with Crippen LogP contribution in [0.15, 0.2) is 9.66 Å². The summed E-state index contributed by atoms with van der Waals surface area (Å²) in [5.41, 5.74) is -0.773. The average Bonchev–Trinajstić information content (AvgIpc) is 2.56. The van der Waals surface area contributed by atoms with Crippen LogP contribution in [0.4, 0.5) is 0 Å². The van der Waals surface area contributed by atoms with E-state index < -0.39 is 25.8 Å². The molecule has 0 N–H and O–H groups in total. The second-order valence-corrected chi connectivity index (χ2v) is 14.3. The normalized spacial score (nSPS) is 35.3. The van der Waals surface area contributed by atoms with E-state index in [1.165, 1.54) is 0 Å². The summed E-state index contributed by atoms with van der Waals surface area (Å²) in [5, 5.41) is 0.0918. The van der Waals surface area contributed by atoms with Crippen molar-refractivity contribution in [3.8, 4) is 0 Å². The highest BCUT2D eigenvalue weighted by Crippen LogP contribution is 2.47. The lowest BCUT2D eigenvalue weighted by Crippen LogP contribution is -2.58. The minimum Gasteiger partial charge on any atom is -0.407 e. The minimum absolute atomic E-state index is 0.0104. The Bertz CT molecular complexity index is 521. The van der Waals surface area contributed by atoms with Gasteiger partial charge in [-0.15, -0.1) is 0 Å². The SMILES string of the molecule is CC1(C)O[C@@H]2C(=O)C(I)=C[C@@H](O[Si](C)(C)C(C)(C)C)[C@]2(C)O1. The summed E-state index contributed by atoms with van der Waals surface area (Å²) in [6, 6.07) is 0. The van der Waals surface area contributed by atoms with Crippen molar-refractivity contribution in [3.63, 3.8) is 0 Å². The number of carbonyl (C=O) groups excluding carboxylic acids is 1. The first-order valence-electron chi connectivity index (χ1n) is 7.67. The van der Waals surface area contributed by atoms with Crippen LogP contribution in [0.3, 0.4) is 0 Å². The van der Waals surface area contributed by atoms with E-state index in [0.717, 1.165) is 0 Å². The number of rotatable bonds is 2. The van der Waals surface area contributed by atoms with Crippen LogP contribution >= 0.6 is 22.6 Å². The summed E-state index contributed by atoms with van der Waals surface area (Å²) >= 11 is 2.08. The van der Waals surface area contributed by atoms with E-state index in [0.29, 0.717) is 3.58 Å². The van der Waals surface area contributed by atoms with E-state index in [2.05, 4.69) is 56.5 Å². The van der Waals surface area contributed by atoms with Crippen LogP contribution in [0, 0.1) is 0 Å². The third-order valence-corrected chi connectivity index (χ3v) is 10.3. The quantitative estimate of drug-likeness (QED) is 0.479. The van der Waals surface area contributed by atoms with Crippen molar-refractivity contribution in [1.82, 2.24) is 0 Å². The van der Waals surface area contributed by atoms with Crippen molar-refractivity contribution in [3.05, 3.63) is 9.66 Å². The van der Waals surface area contributed by atoms with Gasteiger partial charge in [0.1, 0.15) is 5.60 Å². The number of ketones is 1. The Hall–Kier alpha value is 0.237. The molecule has 0 radical (unpaired) electrons. The minimum atomic E-state index is -1.99. The van der Waals surface area contributed by atoms with Gasteiger partial charge in [-0.1, -0.05) is 20.8 Å². The fourth-order valence-electron chi connectivity index (χ4n) is 2.68. The molecule has 0 saturated carbocycles. The topological polar surface area (TPSA) is 44.8 Å². The number of fused-ring (bicyclic) bond motifs is 1. The van der Waals surface area contributed by atoms with Gasteiger partial charge in [0.2, 0.25) is 5.78 Å². The number of Topliss-reactive ketones (excluding diaryl/α,β-unsaturated/α-hetero) is 1. The molecular weight excluding hydrogens is 411 g/mol. The van der Waals surface area contributed by atoms with E-state index in [4.69, 9.17) is 13.9 Å². The molecule has 3 atom stereocenters. The summed E-state index contributed by atoms with van der Waals surface area (Å²) in [7, 11) is -1.99. The zero-order valence-electron chi connectivity index (χ0n) is 14.7. The summed E-state index contributed by atoms with van der Waals surface area (Å²) in [5.74, 6) is -0.789. The number of ether oxygens (including phenoxy) is 2. The Morgan fingerprint density at radius 1 is 1.27 bits per heavy atom. The number of hydrogen-bond donors (Lipinski definition) is 0. The van der Waals surface area contributed by atoms with Gasteiger partial charge >= 0.3 is 0 Å². The second kappa shape index (κ2) is 5.37. The van der Waals surface area contributed by atoms with E-state index in [-0.39, 0.29) is 16.9 Å². The third-order valence-electron chi connectivity index (χ3n) is 4.95. The van der Waals surface area contributed by atoms with Gasteiger partial charge in [0.15, 0.2) is 20.2 Å². The molecule has 22 heavy (non-hydrogen) atoms. The molecule has 1 aliphatic heterocycles. The first-order chi connectivity index (χ1) is 9.70. The molecule has 0 aromatic heterocycles. The predicted molar refractivity (Wildman–Crippen MR) is 97.6 cm³/mol.